The zero-order chi connectivity index (χ0) is 10.6. The minimum atomic E-state index is -1.02. The van der Waals surface area contributed by atoms with E-state index in [2.05, 4.69) is 0 Å². The average Bonchev–Trinajstić information content (AvgIpc) is 2.15. The molecule has 0 fully saturated rings. The van der Waals surface area contributed by atoms with Crippen LogP contribution < -0.4 is 5.73 Å². The number of carboxylic acids is 1. The molecule has 0 aliphatic heterocycles. The number of hydrogen-bond donors (Lipinski definition) is 2. The van der Waals surface area contributed by atoms with E-state index in [4.69, 9.17) is 16.1 Å². The van der Waals surface area contributed by atoms with Gasteiger partial charge in [0, 0.05) is 6.08 Å². The van der Waals surface area contributed by atoms with Gasteiger partial charge in [-0.15, -0.1) is 0 Å². The first-order valence-electron chi connectivity index (χ1n) is 3.84. The van der Waals surface area contributed by atoms with E-state index in [9.17, 15) is 4.79 Å². The lowest BCUT2D eigenvalue weighted by Gasteiger charge is -1.97. The number of benzene rings is 1. The van der Waals surface area contributed by atoms with Gasteiger partial charge in [-0.25, -0.2) is 4.79 Å². The van der Waals surface area contributed by atoms with Crippen LogP contribution in [0, 0.1) is 11.3 Å². The molecule has 3 N–H and O–H groups in total. The van der Waals surface area contributed by atoms with Crippen molar-refractivity contribution in [2.24, 2.45) is 0 Å². The van der Waals surface area contributed by atoms with Gasteiger partial charge >= 0.3 is 5.97 Å². The molecular formula is C10H8N2O2. The van der Waals surface area contributed by atoms with Gasteiger partial charge in [-0.1, -0.05) is 6.07 Å². The summed E-state index contributed by atoms with van der Waals surface area (Å²) in [6.07, 6.45) is 2.43. The molecule has 4 heteroatoms. The van der Waals surface area contributed by atoms with Gasteiger partial charge in [0.25, 0.3) is 0 Å². The van der Waals surface area contributed by atoms with Crippen molar-refractivity contribution in [1.29, 1.82) is 5.26 Å². The quantitative estimate of drug-likeness (QED) is 0.540. The SMILES string of the molecule is N#Cc1ccc(C=CC(=O)O)cc1N. The number of aliphatic carboxylic acids is 1. The molecule has 4 nitrogen and oxygen atoms in total. The van der Waals surface area contributed by atoms with E-state index >= 15 is 0 Å². The minimum absolute atomic E-state index is 0.347. The van der Waals surface area contributed by atoms with Crippen LogP contribution in [0.15, 0.2) is 24.3 Å². The predicted molar refractivity (Wildman–Crippen MR) is 52.2 cm³/mol. The van der Waals surface area contributed by atoms with Crippen molar-refractivity contribution < 1.29 is 9.90 Å². The highest BCUT2D eigenvalue weighted by molar-refractivity contribution is 5.85. The third-order valence-electron chi connectivity index (χ3n) is 1.61. The Bertz CT molecular complexity index is 430. The lowest BCUT2D eigenvalue weighted by Crippen LogP contribution is -1.91. The number of carbonyl (C=O) groups is 1. The molecule has 0 radical (unpaired) electrons. The first-order chi connectivity index (χ1) is 6.63. The maximum atomic E-state index is 10.2. The van der Waals surface area contributed by atoms with Crippen LogP contribution in [0.3, 0.4) is 0 Å². The van der Waals surface area contributed by atoms with Crippen LogP contribution in [0.4, 0.5) is 5.69 Å². The van der Waals surface area contributed by atoms with Gasteiger partial charge in [-0.05, 0) is 23.8 Å². The van der Waals surface area contributed by atoms with Crippen molar-refractivity contribution in [1.82, 2.24) is 0 Å². The fourth-order valence-electron chi connectivity index (χ4n) is 0.954. The summed E-state index contributed by atoms with van der Waals surface area (Å²) in [4.78, 5) is 10.2. The second kappa shape index (κ2) is 4.10. The van der Waals surface area contributed by atoms with E-state index < -0.39 is 5.97 Å². The summed E-state index contributed by atoms with van der Waals surface area (Å²) in [6.45, 7) is 0. The van der Waals surface area contributed by atoms with Crippen LogP contribution >= 0.6 is 0 Å². The summed E-state index contributed by atoms with van der Waals surface area (Å²) < 4.78 is 0. The Labute approximate surface area is 80.9 Å². The van der Waals surface area contributed by atoms with Crippen molar-refractivity contribution in [3.63, 3.8) is 0 Å². The largest absolute Gasteiger partial charge is 0.478 e. The Hall–Kier alpha value is -2.28. The number of anilines is 1. The molecule has 0 amide bonds. The fourth-order valence-corrected chi connectivity index (χ4v) is 0.954. The lowest BCUT2D eigenvalue weighted by atomic mass is 10.1. The van der Waals surface area contributed by atoms with Gasteiger partial charge in [0.1, 0.15) is 6.07 Å². The Kier molecular flexibility index (Phi) is 2.87. The van der Waals surface area contributed by atoms with E-state index in [1.165, 1.54) is 6.08 Å². The topological polar surface area (TPSA) is 87.1 Å². The van der Waals surface area contributed by atoms with Crippen molar-refractivity contribution in [2.45, 2.75) is 0 Å². The summed E-state index contributed by atoms with van der Waals surface area (Å²) in [6, 6.07) is 6.66. The summed E-state index contributed by atoms with van der Waals surface area (Å²) >= 11 is 0. The molecule has 1 aromatic rings. The van der Waals surface area contributed by atoms with E-state index in [1.807, 2.05) is 6.07 Å². The van der Waals surface area contributed by atoms with E-state index in [-0.39, 0.29) is 0 Å². The average molecular weight is 188 g/mol. The second-order valence-electron chi connectivity index (χ2n) is 2.63. The molecule has 0 spiro atoms. The standard InChI is InChI=1S/C10H8N2O2/c11-6-8-3-1-7(5-9(8)12)2-4-10(13)14/h1-5H,12H2,(H,13,14). The first-order valence-corrected chi connectivity index (χ1v) is 3.84. The maximum absolute atomic E-state index is 10.2. The van der Waals surface area contributed by atoms with Crippen LogP contribution in [0.25, 0.3) is 6.08 Å². The monoisotopic (exact) mass is 188 g/mol. The molecular weight excluding hydrogens is 180 g/mol. The number of hydrogen-bond acceptors (Lipinski definition) is 3. The number of nitriles is 1. The molecule has 0 aromatic heterocycles. The number of nitrogens with zero attached hydrogens (tertiary/aromatic N) is 1. The minimum Gasteiger partial charge on any atom is -0.478 e. The lowest BCUT2D eigenvalue weighted by molar-refractivity contribution is -0.131. The van der Waals surface area contributed by atoms with Crippen LogP contribution in [-0.4, -0.2) is 11.1 Å². The molecule has 0 saturated carbocycles. The third-order valence-corrected chi connectivity index (χ3v) is 1.61. The molecule has 0 aliphatic carbocycles. The van der Waals surface area contributed by atoms with Crippen LogP contribution in [0.1, 0.15) is 11.1 Å². The molecule has 0 heterocycles. The number of carboxylic acid groups (broad SMARTS) is 1. The molecule has 0 bridgehead atoms. The number of rotatable bonds is 2. The third kappa shape index (κ3) is 2.35. The highest BCUT2D eigenvalue weighted by atomic mass is 16.4. The van der Waals surface area contributed by atoms with Crippen molar-refractivity contribution in [3.05, 3.63) is 35.4 Å². The van der Waals surface area contributed by atoms with Gasteiger partial charge in [-0.2, -0.15) is 5.26 Å². The van der Waals surface area contributed by atoms with Gasteiger partial charge in [0.15, 0.2) is 0 Å². The molecule has 1 aromatic carbocycles. The van der Waals surface area contributed by atoms with Crippen molar-refractivity contribution in [2.75, 3.05) is 5.73 Å². The highest BCUT2D eigenvalue weighted by Gasteiger charge is 1.97. The number of nitrogen functional groups attached to an aromatic ring is 1. The van der Waals surface area contributed by atoms with Gasteiger partial charge in [-0.3, -0.25) is 0 Å². The Balaban J connectivity index is 2.99. The molecule has 14 heavy (non-hydrogen) atoms. The van der Waals surface area contributed by atoms with Crippen LogP contribution in [0.2, 0.25) is 0 Å². The maximum Gasteiger partial charge on any atom is 0.328 e. The van der Waals surface area contributed by atoms with Crippen LogP contribution in [-0.2, 0) is 4.79 Å². The molecule has 0 atom stereocenters. The van der Waals surface area contributed by atoms with Crippen molar-refractivity contribution in [3.8, 4) is 6.07 Å². The summed E-state index contributed by atoms with van der Waals surface area (Å²) in [7, 11) is 0. The van der Waals surface area contributed by atoms with Gasteiger partial charge in [0.05, 0.1) is 11.3 Å². The number of nitrogens with two attached hydrogens (primary N) is 1. The van der Waals surface area contributed by atoms with E-state index in [0.29, 0.717) is 16.8 Å². The van der Waals surface area contributed by atoms with Crippen molar-refractivity contribution >= 4 is 17.7 Å². The summed E-state index contributed by atoms with van der Waals surface area (Å²) in [5, 5.41) is 17.0. The Morgan fingerprint density at radius 3 is 2.79 bits per heavy atom. The summed E-state index contributed by atoms with van der Waals surface area (Å²) in [5.41, 5.74) is 6.92. The highest BCUT2D eigenvalue weighted by Crippen LogP contribution is 2.14. The molecule has 70 valence electrons. The zero-order valence-electron chi connectivity index (χ0n) is 7.27. The Morgan fingerprint density at radius 1 is 1.57 bits per heavy atom. The van der Waals surface area contributed by atoms with Gasteiger partial charge in [0.2, 0.25) is 0 Å². The molecule has 0 aliphatic rings. The Morgan fingerprint density at radius 2 is 2.29 bits per heavy atom. The molecule has 0 unspecified atom stereocenters. The van der Waals surface area contributed by atoms with E-state index in [1.54, 1.807) is 18.2 Å². The predicted octanol–water partition coefficient (Wildman–Crippen LogP) is 1.24. The zero-order valence-corrected chi connectivity index (χ0v) is 7.27. The first kappa shape index (κ1) is 9.81. The summed E-state index contributed by atoms with van der Waals surface area (Å²) in [5.74, 6) is -1.02. The fraction of sp³-hybridized carbons (Fsp3) is 0. The molecule has 1 rings (SSSR count). The second-order valence-corrected chi connectivity index (χ2v) is 2.63. The van der Waals surface area contributed by atoms with Crippen LogP contribution in [0.5, 0.6) is 0 Å². The van der Waals surface area contributed by atoms with E-state index in [0.717, 1.165) is 6.08 Å². The molecule has 0 saturated heterocycles. The smallest absolute Gasteiger partial charge is 0.328 e. The van der Waals surface area contributed by atoms with Gasteiger partial charge < -0.3 is 10.8 Å². The normalized spacial score (nSPS) is 9.93.